The number of hydrogen-bond donors (Lipinski definition) is 1. The average Bonchev–Trinajstić information content (AvgIpc) is 2.15. The van der Waals surface area contributed by atoms with E-state index in [2.05, 4.69) is 39.3 Å². The molecule has 1 fully saturated rings. The van der Waals surface area contributed by atoms with Crippen molar-refractivity contribution >= 4 is 21.6 Å². The zero-order chi connectivity index (χ0) is 10.8. The first-order chi connectivity index (χ1) is 7.22. The third kappa shape index (κ3) is 1.99. The third-order valence-electron chi connectivity index (χ3n) is 2.79. The van der Waals surface area contributed by atoms with Gasteiger partial charge in [0.25, 0.3) is 0 Å². The third-order valence-corrected chi connectivity index (χ3v) is 3.44. The molecule has 0 aromatic heterocycles. The monoisotopic (exact) mass is 265 g/mol. The number of nitrogens with one attached hydrogen (secondary N) is 1. The van der Waals surface area contributed by atoms with E-state index in [0.717, 1.165) is 23.2 Å². The highest BCUT2D eigenvalue weighted by molar-refractivity contribution is 9.10. The lowest BCUT2D eigenvalue weighted by molar-refractivity contribution is 0.429. The maximum absolute atomic E-state index is 8.81. The SMILES string of the molecule is CN(c1ccc(C#N)c(Br)c1)C1CNC1. The van der Waals surface area contributed by atoms with E-state index in [-0.39, 0.29) is 0 Å². The number of likely N-dealkylation sites (N-methyl/N-ethyl adjacent to an activating group) is 1. The Balaban J connectivity index is 2.22. The lowest BCUT2D eigenvalue weighted by Crippen LogP contribution is -2.56. The van der Waals surface area contributed by atoms with E-state index >= 15 is 0 Å². The zero-order valence-electron chi connectivity index (χ0n) is 8.50. The molecule has 0 amide bonds. The molecular weight excluding hydrogens is 254 g/mol. The number of halogens is 1. The van der Waals surface area contributed by atoms with Gasteiger partial charge in [-0.3, -0.25) is 0 Å². The second-order valence-electron chi connectivity index (χ2n) is 3.70. The molecule has 2 rings (SSSR count). The maximum Gasteiger partial charge on any atom is 0.100 e. The van der Waals surface area contributed by atoms with Crippen molar-refractivity contribution in [2.24, 2.45) is 0 Å². The Morgan fingerprint density at radius 2 is 2.27 bits per heavy atom. The van der Waals surface area contributed by atoms with Crippen molar-refractivity contribution in [3.63, 3.8) is 0 Å². The van der Waals surface area contributed by atoms with Crippen LogP contribution in [-0.4, -0.2) is 26.2 Å². The molecule has 1 aliphatic heterocycles. The maximum atomic E-state index is 8.81. The van der Waals surface area contributed by atoms with Crippen molar-refractivity contribution in [2.45, 2.75) is 6.04 Å². The molecule has 4 heteroatoms. The molecule has 1 aromatic rings. The van der Waals surface area contributed by atoms with Gasteiger partial charge in [-0.15, -0.1) is 0 Å². The smallest absolute Gasteiger partial charge is 0.100 e. The minimum atomic E-state index is 0.574. The summed E-state index contributed by atoms with van der Waals surface area (Å²) in [5.41, 5.74) is 1.83. The minimum Gasteiger partial charge on any atom is -0.369 e. The molecule has 1 saturated heterocycles. The fourth-order valence-corrected chi connectivity index (χ4v) is 2.03. The molecule has 78 valence electrons. The predicted octanol–water partition coefficient (Wildman–Crippen LogP) is 1.73. The van der Waals surface area contributed by atoms with Crippen molar-refractivity contribution in [2.75, 3.05) is 25.0 Å². The molecule has 0 atom stereocenters. The van der Waals surface area contributed by atoms with Gasteiger partial charge >= 0.3 is 0 Å². The topological polar surface area (TPSA) is 39.1 Å². The van der Waals surface area contributed by atoms with Crippen molar-refractivity contribution in [3.8, 4) is 6.07 Å². The summed E-state index contributed by atoms with van der Waals surface area (Å²) in [6.07, 6.45) is 0. The first-order valence-corrected chi connectivity index (χ1v) is 5.65. The van der Waals surface area contributed by atoms with Crippen molar-refractivity contribution in [3.05, 3.63) is 28.2 Å². The Labute approximate surface area is 97.8 Å². The molecule has 0 spiro atoms. The summed E-state index contributed by atoms with van der Waals surface area (Å²) in [7, 11) is 2.08. The molecule has 0 radical (unpaired) electrons. The molecule has 0 bridgehead atoms. The van der Waals surface area contributed by atoms with Gasteiger partial charge in [0, 0.05) is 30.3 Å². The van der Waals surface area contributed by atoms with Gasteiger partial charge in [-0.2, -0.15) is 5.26 Å². The van der Waals surface area contributed by atoms with Gasteiger partial charge in [-0.05, 0) is 34.1 Å². The van der Waals surface area contributed by atoms with Crippen LogP contribution in [0.4, 0.5) is 5.69 Å². The van der Waals surface area contributed by atoms with Crippen molar-refractivity contribution < 1.29 is 0 Å². The lowest BCUT2D eigenvalue weighted by Gasteiger charge is -2.37. The first kappa shape index (κ1) is 10.5. The van der Waals surface area contributed by atoms with Crippen LogP contribution in [0.5, 0.6) is 0 Å². The van der Waals surface area contributed by atoms with E-state index in [1.807, 2.05) is 18.2 Å². The van der Waals surface area contributed by atoms with Crippen LogP contribution in [0.15, 0.2) is 22.7 Å². The van der Waals surface area contributed by atoms with Crippen LogP contribution in [0.2, 0.25) is 0 Å². The predicted molar refractivity (Wildman–Crippen MR) is 63.9 cm³/mol. The Morgan fingerprint density at radius 1 is 1.53 bits per heavy atom. The van der Waals surface area contributed by atoms with Gasteiger partial charge in [0.15, 0.2) is 0 Å². The highest BCUT2D eigenvalue weighted by atomic mass is 79.9. The fraction of sp³-hybridized carbons (Fsp3) is 0.364. The fourth-order valence-electron chi connectivity index (χ4n) is 1.57. The first-order valence-electron chi connectivity index (χ1n) is 4.85. The van der Waals surface area contributed by atoms with Crippen molar-refractivity contribution in [1.29, 1.82) is 5.26 Å². The van der Waals surface area contributed by atoms with E-state index in [1.54, 1.807) is 0 Å². The summed E-state index contributed by atoms with van der Waals surface area (Å²) in [5, 5.41) is 12.1. The standard InChI is InChI=1S/C11H12BrN3/c1-15(10-6-14-7-10)9-3-2-8(5-13)11(12)4-9/h2-4,10,14H,6-7H2,1H3. The van der Waals surface area contributed by atoms with Crippen LogP contribution in [0.3, 0.4) is 0 Å². The highest BCUT2D eigenvalue weighted by Crippen LogP contribution is 2.24. The summed E-state index contributed by atoms with van der Waals surface area (Å²) in [5.74, 6) is 0. The Kier molecular flexibility index (Phi) is 2.94. The molecule has 15 heavy (non-hydrogen) atoms. The van der Waals surface area contributed by atoms with Gasteiger partial charge in [-0.25, -0.2) is 0 Å². The van der Waals surface area contributed by atoms with E-state index in [0.29, 0.717) is 11.6 Å². The number of hydrogen-bond acceptors (Lipinski definition) is 3. The van der Waals surface area contributed by atoms with Crippen LogP contribution in [0.1, 0.15) is 5.56 Å². The van der Waals surface area contributed by atoms with Crippen LogP contribution >= 0.6 is 15.9 Å². The number of anilines is 1. The molecule has 3 nitrogen and oxygen atoms in total. The number of rotatable bonds is 2. The number of benzene rings is 1. The second kappa shape index (κ2) is 4.21. The van der Waals surface area contributed by atoms with Crippen LogP contribution < -0.4 is 10.2 Å². The summed E-state index contributed by atoms with van der Waals surface area (Å²) in [6.45, 7) is 2.07. The molecule has 0 unspecified atom stereocenters. The zero-order valence-corrected chi connectivity index (χ0v) is 10.1. The van der Waals surface area contributed by atoms with Crippen LogP contribution in [-0.2, 0) is 0 Å². The van der Waals surface area contributed by atoms with Gasteiger partial charge < -0.3 is 10.2 Å². The van der Waals surface area contributed by atoms with E-state index in [1.165, 1.54) is 0 Å². The largest absolute Gasteiger partial charge is 0.369 e. The van der Waals surface area contributed by atoms with Crippen LogP contribution in [0, 0.1) is 11.3 Å². The van der Waals surface area contributed by atoms with Gasteiger partial charge in [0.05, 0.1) is 11.6 Å². The average molecular weight is 266 g/mol. The summed E-state index contributed by atoms with van der Waals surface area (Å²) in [4.78, 5) is 2.24. The summed E-state index contributed by atoms with van der Waals surface area (Å²) in [6, 6.07) is 8.55. The molecule has 1 N–H and O–H groups in total. The number of nitrogens with zero attached hydrogens (tertiary/aromatic N) is 2. The molecule has 0 aliphatic carbocycles. The van der Waals surface area contributed by atoms with Crippen molar-refractivity contribution in [1.82, 2.24) is 5.32 Å². The second-order valence-corrected chi connectivity index (χ2v) is 4.55. The molecular formula is C11H12BrN3. The highest BCUT2D eigenvalue weighted by Gasteiger charge is 2.21. The molecule has 1 heterocycles. The molecule has 0 saturated carbocycles. The summed E-state index contributed by atoms with van der Waals surface area (Å²) >= 11 is 3.40. The summed E-state index contributed by atoms with van der Waals surface area (Å²) < 4.78 is 0.863. The van der Waals surface area contributed by atoms with Gasteiger partial charge in [0.1, 0.15) is 6.07 Å². The lowest BCUT2D eigenvalue weighted by atomic mass is 10.1. The number of nitriles is 1. The molecule has 1 aliphatic rings. The Bertz CT molecular complexity index is 407. The Morgan fingerprint density at radius 3 is 2.73 bits per heavy atom. The van der Waals surface area contributed by atoms with E-state index < -0.39 is 0 Å². The molecule has 1 aromatic carbocycles. The van der Waals surface area contributed by atoms with Gasteiger partial charge in [0.2, 0.25) is 0 Å². The van der Waals surface area contributed by atoms with Gasteiger partial charge in [-0.1, -0.05) is 0 Å². The normalized spacial score (nSPS) is 15.5. The Hall–Kier alpha value is -1.05. The quantitative estimate of drug-likeness (QED) is 0.886. The van der Waals surface area contributed by atoms with E-state index in [9.17, 15) is 0 Å². The van der Waals surface area contributed by atoms with Crippen LogP contribution in [0.25, 0.3) is 0 Å². The minimum absolute atomic E-state index is 0.574. The van der Waals surface area contributed by atoms with E-state index in [4.69, 9.17) is 5.26 Å².